The summed E-state index contributed by atoms with van der Waals surface area (Å²) in [6.07, 6.45) is 0.757. The van der Waals surface area contributed by atoms with Gasteiger partial charge >= 0.3 is 0 Å². The van der Waals surface area contributed by atoms with Crippen LogP contribution in [-0.4, -0.2) is 9.97 Å². The van der Waals surface area contributed by atoms with E-state index in [0.29, 0.717) is 33.1 Å². The fourth-order valence-electron chi connectivity index (χ4n) is 2.13. The molecule has 0 saturated heterocycles. The molecular weight excluding hydrogens is 359 g/mol. The van der Waals surface area contributed by atoms with Crippen molar-refractivity contribution in [2.24, 2.45) is 0 Å². The average molecular weight is 375 g/mol. The van der Waals surface area contributed by atoms with Gasteiger partial charge in [0.25, 0.3) is 0 Å². The standard InChI is InChI=1S/C19H16ClFN2OS/c1-2-15-11-18(24-16-9-7-14(20)8-10-16)23-19(22-15)25-12-13-5-3-4-6-17(13)21/h3-11H,2,12H2,1H3. The van der Waals surface area contributed by atoms with Gasteiger partial charge in [0.2, 0.25) is 5.88 Å². The molecule has 0 fully saturated rings. The highest BCUT2D eigenvalue weighted by Crippen LogP contribution is 2.26. The molecule has 1 heterocycles. The number of halogens is 2. The number of hydrogen-bond acceptors (Lipinski definition) is 4. The topological polar surface area (TPSA) is 35.0 Å². The van der Waals surface area contributed by atoms with Crippen LogP contribution in [0, 0.1) is 5.82 Å². The minimum atomic E-state index is -0.223. The van der Waals surface area contributed by atoms with E-state index in [9.17, 15) is 4.39 Å². The van der Waals surface area contributed by atoms with Crippen LogP contribution in [0.2, 0.25) is 5.02 Å². The molecule has 0 atom stereocenters. The second-order valence-electron chi connectivity index (χ2n) is 5.27. The number of hydrogen-bond donors (Lipinski definition) is 0. The van der Waals surface area contributed by atoms with Gasteiger partial charge in [0.15, 0.2) is 5.16 Å². The number of benzene rings is 2. The van der Waals surface area contributed by atoms with Gasteiger partial charge in [-0.2, -0.15) is 4.98 Å². The number of thioether (sulfide) groups is 1. The summed E-state index contributed by atoms with van der Waals surface area (Å²) in [6.45, 7) is 2.01. The lowest BCUT2D eigenvalue weighted by molar-refractivity contribution is 0.454. The molecule has 3 nitrogen and oxygen atoms in total. The van der Waals surface area contributed by atoms with Crippen LogP contribution in [0.4, 0.5) is 4.39 Å². The Morgan fingerprint density at radius 2 is 1.84 bits per heavy atom. The lowest BCUT2D eigenvalue weighted by Gasteiger charge is -2.09. The molecule has 25 heavy (non-hydrogen) atoms. The van der Waals surface area contributed by atoms with Gasteiger partial charge in [-0.15, -0.1) is 0 Å². The van der Waals surface area contributed by atoms with E-state index in [1.54, 1.807) is 36.4 Å². The van der Waals surface area contributed by atoms with Crippen molar-refractivity contribution in [3.63, 3.8) is 0 Å². The summed E-state index contributed by atoms with van der Waals surface area (Å²) in [7, 11) is 0. The Morgan fingerprint density at radius 3 is 2.56 bits per heavy atom. The second kappa shape index (κ2) is 8.32. The fourth-order valence-corrected chi connectivity index (χ4v) is 3.11. The molecule has 0 unspecified atom stereocenters. The quantitative estimate of drug-likeness (QED) is 0.396. The van der Waals surface area contributed by atoms with E-state index < -0.39 is 0 Å². The lowest BCUT2D eigenvalue weighted by atomic mass is 10.2. The highest BCUT2D eigenvalue weighted by molar-refractivity contribution is 7.98. The molecule has 0 N–H and O–H groups in total. The number of aromatic nitrogens is 2. The van der Waals surface area contributed by atoms with E-state index in [4.69, 9.17) is 16.3 Å². The summed E-state index contributed by atoms with van der Waals surface area (Å²) in [5.41, 5.74) is 1.49. The first-order valence-corrected chi connectivity index (χ1v) is 9.18. The van der Waals surface area contributed by atoms with Crippen molar-refractivity contribution in [1.82, 2.24) is 9.97 Å². The maximum atomic E-state index is 13.7. The minimum absolute atomic E-state index is 0.223. The molecule has 1 aromatic heterocycles. The zero-order chi connectivity index (χ0) is 17.6. The van der Waals surface area contributed by atoms with Crippen molar-refractivity contribution in [2.45, 2.75) is 24.3 Å². The Balaban J connectivity index is 1.77. The largest absolute Gasteiger partial charge is 0.439 e. The summed E-state index contributed by atoms with van der Waals surface area (Å²) >= 11 is 7.27. The molecule has 3 aromatic rings. The molecular formula is C19H16ClFN2OS. The van der Waals surface area contributed by atoms with Crippen molar-refractivity contribution in [3.05, 3.63) is 76.7 Å². The summed E-state index contributed by atoms with van der Waals surface area (Å²) < 4.78 is 19.5. The van der Waals surface area contributed by atoms with Crippen molar-refractivity contribution < 1.29 is 9.13 Å². The van der Waals surface area contributed by atoms with E-state index in [2.05, 4.69) is 9.97 Å². The Morgan fingerprint density at radius 1 is 1.08 bits per heavy atom. The SMILES string of the molecule is CCc1cc(Oc2ccc(Cl)cc2)nc(SCc2ccccc2F)n1. The molecule has 128 valence electrons. The fraction of sp³-hybridized carbons (Fsp3) is 0.158. The van der Waals surface area contributed by atoms with Crippen molar-refractivity contribution in [1.29, 1.82) is 0 Å². The zero-order valence-corrected chi connectivity index (χ0v) is 15.1. The first kappa shape index (κ1) is 17.7. The summed E-state index contributed by atoms with van der Waals surface area (Å²) in [5.74, 6) is 1.35. The molecule has 6 heteroatoms. The van der Waals surface area contributed by atoms with Crippen LogP contribution in [0.5, 0.6) is 11.6 Å². The van der Waals surface area contributed by atoms with Gasteiger partial charge in [0.05, 0.1) is 0 Å². The highest BCUT2D eigenvalue weighted by Gasteiger charge is 2.09. The van der Waals surface area contributed by atoms with Gasteiger partial charge in [-0.05, 0) is 42.3 Å². The molecule has 0 aliphatic heterocycles. The predicted molar refractivity (Wildman–Crippen MR) is 98.9 cm³/mol. The average Bonchev–Trinajstić information content (AvgIpc) is 2.63. The zero-order valence-electron chi connectivity index (χ0n) is 13.6. The molecule has 0 amide bonds. The van der Waals surface area contributed by atoms with Crippen LogP contribution < -0.4 is 4.74 Å². The predicted octanol–water partition coefficient (Wildman–Crippen LogP) is 5.92. The van der Waals surface area contributed by atoms with E-state index >= 15 is 0 Å². The Kier molecular flexibility index (Phi) is 5.89. The van der Waals surface area contributed by atoms with E-state index in [-0.39, 0.29) is 5.82 Å². The smallest absolute Gasteiger partial charge is 0.223 e. The van der Waals surface area contributed by atoms with Gasteiger partial charge < -0.3 is 4.74 Å². The van der Waals surface area contributed by atoms with Crippen molar-refractivity contribution in [2.75, 3.05) is 0 Å². The number of nitrogens with zero attached hydrogens (tertiary/aromatic N) is 2. The first-order chi connectivity index (χ1) is 12.1. The highest BCUT2D eigenvalue weighted by atomic mass is 35.5. The van der Waals surface area contributed by atoms with Crippen LogP contribution >= 0.6 is 23.4 Å². The number of aryl methyl sites for hydroxylation is 1. The molecule has 0 aliphatic rings. The summed E-state index contributed by atoms with van der Waals surface area (Å²) in [4.78, 5) is 8.90. The minimum Gasteiger partial charge on any atom is -0.439 e. The third-order valence-corrected chi connectivity index (χ3v) is 4.60. The van der Waals surface area contributed by atoms with Gasteiger partial charge in [0, 0.05) is 22.5 Å². The van der Waals surface area contributed by atoms with Gasteiger partial charge in [-0.3, -0.25) is 0 Å². The van der Waals surface area contributed by atoms with Crippen LogP contribution in [-0.2, 0) is 12.2 Å². The Bertz CT molecular complexity index is 858. The maximum Gasteiger partial charge on any atom is 0.223 e. The van der Waals surface area contributed by atoms with Crippen molar-refractivity contribution >= 4 is 23.4 Å². The monoisotopic (exact) mass is 374 g/mol. The van der Waals surface area contributed by atoms with E-state index in [1.807, 2.05) is 19.1 Å². The number of rotatable bonds is 6. The van der Waals surface area contributed by atoms with Crippen LogP contribution in [0.15, 0.2) is 59.8 Å². The third-order valence-electron chi connectivity index (χ3n) is 3.45. The van der Waals surface area contributed by atoms with Gasteiger partial charge in [-0.25, -0.2) is 9.37 Å². The molecule has 0 saturated carbocycles. The molecule has 3 rings (SSSR count). The first-order valence-electron chi connectivity index (χ1n) is 7.81. The van der Waals surface area contributed by atoms with Gasteiger partial charge in [-0.1, -0.05) is 48.5 Å². The Labute approximate surface area is 155 Å². The van der Waals surface area contributed by atoms with E-state index in [0.717, 1.165) is 12.1 Å². The van der Waals surface area contributed by atoms with Crippen LogP contribution in [0.3, 0.4) is 0 Å². The second-order valence-corrected chi connectivity index (χ2v) is 6.65. The molecule has 0 aliphatic carbocycles. The van der Waals surface area contributed by atoms with Crippen molar-refractivity contribution in [3.8, 4) is 11.6 Å². The van der Waals surface area contributed by atoms with Crippen LogP contribution in [0.1, 0.15) is 18.2 Å². The lowest BCUT2D eigenvalue weighted by Crippen LogP contribution is -1.98. The van der Waals surface area contributed by atoms with Gasteiger partial charge in [0.1, 0.15) is 11.6 Å². The summed E-state index contributed by atoms with van der Waals surface area (Å²) in [5, 5.41) is 1.21. The molecule has 0 radical (unpaired) electrons. The van der Waals surface area contributed by atoms with E-state index in [1.165, 1.54) is 17.8 Å². The number of ether oxygens (including phenoxy) is 1. The molecule has 0 spiro atoms. The maximum absolute atomic E-state index is 13.7. The molecule has 2 aromatic carbocycles. The molecule has 0 bridgehead atoms. The third kappa shape index (κ3) is 4.94. The summed E-state index contributed by atoms with van der Waals surface area (Å²) in [6, 6.07) is 15.6. The Hall–Kier alpha value is -2.11. The normalized spacial score (nSPS) is 10.7. The van der Waals surface area contributed by atoms with Crippen LogP contribution in [0.25, 0.3) is 0 Å².